The van der Waals surface area contributed by atoms with Crippen molar-refractivity contribution in [1.82, 2.24) is 10.7 Å². The second-order valence-corrected chi connectivity index (χ2v) is 5.25. The van der Waals surface area contributed by atoms with Crippen LogP contribution >= 0.6 is 23.8 Å². The number of benzene rings is 1. The number of carboxylic acids is 1. The normalized spacial score (nSPS) is 10.7. The molecule has 0 aliphatic rings. The largest absolute Gasteiger partial charge is 0.478 e. The van der Waals surface area contributed by atoms with Gasteiger partial charge >= 0.3 is 5.97 Å². The van der Waals surface area contributed by atoms with E-state index in [2.05, 4.69) is 15.8 Å². The van der Waals surface area contributed by atoms with Crippen LogP contribution in [0.3, 0.4) is 0 Å². The van der Waals surface area contributed by atoms with Crippen LogP contribution < -0.4 is 10.7 Å². The molecule has 0 saturated heterocycles. The van der Waals surface area contributed by atoms with Gasteiger partial charge in [-0.3, -0.25) is 5.43 Å². The number of thiocarbonyl (C=S) groups is 1. The van der Waals surface area contributed by atoms with Crippen LogP contribution in [0.4, 0.5) is 0 Å². The summed E-state index contributed by atoms with van der Waals surface area (Å²) in [4.78, 5) is 11.1. The Kier molecular flexibility index (Phi) is 5.72. The SMILES string of the molecule is CCNC(=S)N/N=C/c1ccc(-c2ccc(Cl)c(C(=O)O)c2)o1. The number of carboxylic acid groups (broad SMARTS) is 1. The standard InChI is InChI=1S/C15H14ClN3O3S/c1-2-17-15(23)19-18-8-10-4-6-13(22-10)9-3-5-12(16)11(7-9)14(20)21/h3-8H,2H2,1H3,(H,20,21)(H2,17,19,23)/b18-8+. The Morgan fingerprint density at radius 3 is 2.91 bits per heavy atom. The van der Waals surface area contributed by atoms with E-state index in [9.17, 15) is 4.79 Å². The summed E-state index contributed by atoms with van der Waals surface area (Å²) >= 11 is 10.8. The number of hydrazone groups is 1. The van der Waals surface area contributed by atoms with Gasteiger partial charge in [-0.1, -0.05) is 11.6 Å². The van der Waals surface area contributed by atoms with Crippen molar-refractivity contribution in [2.45, 2.75) is 6.92 Å². The summed E-state index contributed by atoms with van der Waals surface area (Å²) in [6.45, 7) is 2.63. The van der Waals surface area contributed by atoms with Crippen molar-refractivity contribution >= 4 is 41.1 Å². The Bertz CT molecular complexity index is 758. The average Bonchev–Trinajstić information content (AvgIpc) is 2.96. The highest BCUT2D eigenvalue weighted by Gasteiger charge is 2.12. The summed E-state index contributed by atoms with van der Waals surface area (Å²) < 4.78 is 5.60. The van der Waals surface area contributed by atoms with E-state index in [1.165, 1.54) is 18.3 Å². The first-order chi connectivity index (χ1) is 11.0. The summed E-state index contributed by atoms with van der Waals surface area (Å²) in [5.41, 5.74) is 3.28. The molecule has 3 N–H and O–H groups in total. The molecule has 120 valence electrons. The van der Waals surface area contributed by atoms with Gasteiger partial charge in [0, 0.05) is 12.1 Å². The Morgan fingerprint density at radius 2 is 2.22 bits per heavy atom. The lowest BCUT2D eigenvalue weighted by atomic mass is 10.1. The highest BCUT2D eigenvalue weighted by Crippen LogP contribution is 2.26. The van der Waals surface area contributed by atoms with Crippen molar-refractivity contribution in [1.29, 1.82) is 0 Å². The van der Waals surface area contributed by atoms with Gasteiger partial charge in [0.1, 0.15) is 11.5 Å². The number of carbonyl (C=O) groups is 1. The summed E-state index contributed by atoms with van der Waals surface area (Å²) in [6.07, 6.45) is 1.47. The van der Waals surface area contributed by atoms with Crippen LogP contribution in [0.2, 0.25) is 5.02 Å². The van der Waals surface area contributed by atoms with Gasteiger partial charge in [0.05, 0.1) is 16.8 Å². The van der Waals surface area contributed by atoms with Crippen LogP contribution in [-0.4, -0.2) is 28.9 Å². The van der Waals surface area contributed by atoms with Crippen LogP contribution in [0.5, 0.6) is 0 Å². The minimum absolute atomic E-state index is 0.0217. The fourth-order valence-electron chi connectivity index (χ4n) is 1.77. The van der Waals surface area contributed by atoms with E-state index in [4.69, 9.17) is 33.3 Å². The maximum absolute atomic E-state index is 11.1. The third kappa shape index (κ3) is 4.54. The van der Waals surface area contributed by atoms with Gasteiger partial charge in [0.2, 0.25) is 0 Å². The van der Waals surface area contributed by atoms with E-state index in [1.807, 2.05) is 6.92 Å². The van der Waals surface area contributed by atoms with Gasteiger partial charge in [-0.05, 0) is 49.5 Å². The highest BCUT2D eigenvalue weighted by molar-refractivity contribution is 7.80. The van der Waals surface area contributed by atoms with Crippen LogP contribution in [-0.2, 0) is 0 Å². The second kappa shape index (κ2) is 7.75. The Labute approximate surface area is 143 Å². The van der Waals surface area contributed by atoms with E-state index in [1.54, 1.807) is 18.2 Å². The zero-order valence-corrected chi connectivity index (χ0v) is 13.7. The molecular formula is C15H14ClN3O3S. The number of nitrogens with one attached hydrogen (secondary N) is 2. The molecule has 0 radical (unpaired) electrons. The molecule has 0 aliphatic carbocycles. The van der Waals surface area contributed by atoms with E-state index >= 15 is 0 Å². The lowest BCUT2D eigenvalue weighted by molar-refractivity contribution is 0.0697. The first-order valence-corrected chi connectivity index (χ1v) is 7.50. The van der Waals surface area contributed by atoms with Crippen molar-refractivity contribution < 1.29 is 14.3 Å². The van der Waals surface area contributed by atoms with E-state index in [0.717, 1.165) is 0 Å². The number of aromatic carboxylic acids is 1. The number of hydrogen-bond acceptors (Lipinski definition) is 4. The molecule has 0 spiro atoms. The Hall–Kier alpha value is -2.38. The lowest BCUT2D eigenvalue weighted by Crippen LogP contribution is -2.31. The van der Waals surface area contributed by atoms with Gasteiger partial charge < -0.3 is 14.8 Å². The van der Waals surface area contributed by atoms with Crippen molar-refractivity contribution in [2.24, 2.45) is 5.10 Å². The quantitative estimate of drug-likeness (QED) is 0.436. The molecule has 8 heteroatoms. The predicted octanol–water partition coefficient (Wildman–Crippen LogP) is 3.12. The number of nitrogens with zero attached hydrogens (tertiary/aromatic N) is 1. The lowest BCUT2D eigenvalue weighted by Gasteiger charge is -2.02. The molecule has 0 fully saturated rings. The number of furan rings is 1. The smallest absolute Gasteiger partial charge is 0.337 e. The fraction of sp³-hybridized carbons (Fsp3) is 0.133. The summed E-state index contributed by atoms with van der Waals surface area (Å²) in [7, 11) is 0. The zero-order valence-electron chi connectivity index (χ0n) is 12.2. The monoisotopic (exact) mass is 351 g/mol. The van der Waals surface area contributed by atoms with Crippen LogP contribution in [0, 0.1) is 0 Å². The van der Waals surface area contributed by atoms with Crippen LogP contribution in [0.25, 0.3) is 11.3 Å². The molecular weight excluding hydrogens is 338 g/mol. The minimum atomic E-state index is -1.09. The topological polar surface area (TPSA) is 86.9 Å². The van der Waals surface area contributed by atoms with E-state index in [-0.39, 0.29) is 10.6 Å². The minimum Gasteiger partial charge on any atom is -0.478 e. The van der Waals surface area contributed by atoms with Gasteiger partial charge in [-0.2, -0.15) is 5.10 Å². The zero-order chi connectivity index (χ0) is 16.8. The molecule has 2 rings (SSSR count). The summed E-state index contributed by atoms with van der Waals surface area (Å²) in [6, 6.07) is 8.10. The van der Waals surface area contributed by atoms with Crippen molar-refractivity contribution in [3.63, 3.8) is 0 Å². The molecule has 0 unspecified atom stereocenters. The molecule has 0 atom stereocenters. The number of halogens is 1. The molecule has 0 saturated carbocycles. The molecule has 6 nitrogen and oxygen atoms in total. The van der Waals surface area contributed by atoms with Crippen molar-refractivity contribution in [3.8, 4) is 11.3 Å². The second-order valence-electron chi connectivity index (χ2n) is 4.43. The Balaban J connectivity index is 2.13. The maximum Gasteiger partial charge on any atom is 0.337 e. The molecule has 0 bridgehead atoms. The van der Waals surface area contributed by atoms with Gasteiger partial charge in [-0.15, -0.1) is 0 Å². The molecule has 2 aromatic rings. The van der Waals surface area contributed by atoms with Gasteiger partial charge in [0.25, 0.3) is 0 Å². The highest BCUT2D eigenvalue weighted by atomic mass is 35.5. The molecule has 23 heavy (non-hydrogen) atoms. The number of hydrogen-bond donors (Lipinski definition) is 3. The first kappa shape index (κ1) is 17.0. The van der Waals surface area contributed by atoms with E-state index < -0.39 is 5.97 Å². The van der Waals surface area contributed by atoms with E-state index in [0.29, 0.717) is 28.7 Å². The van der Waals surface area contributed by atoms with Crippen LogP contribution in [0.1, 0.15) is 23.0 Å². The summed E-state index contributed by atoms with van der Waals surface area (Å²) in [5.74, 6) is -0.0789. The number of rotatable bonds is 5. The fourth-order valence-corrected chi connectivity index (χ4v) is 2.17. The molecule has 1 aromatic carbocycles. The molecule has 1 heterocycles. The third-order valence-corrected chi connectivity index (χ3v) is 3.37. The first-order valence-electron chi connectivity index (χ1n) is 6.71. The van der Waals surface area contributed by atoms with Gasteiger partial charge in [-0.25, -0.2) is 4.79 Å². The third-order valence-electron chi connectivity index (χ3n) is 2.80. The Morgan fingerprint density at radius 1 is 1.43 bits per heavy atom. The maximum atomic E-state index is 11.1. The molecule has 0 amide bonds. The average molecular weight is 352 g/mol. The predicted molar refractivity (Wildman–Crippen MR) is 93.1 cm³/mol. The van der Waals surface area contributed by atoms with Gasteiger partial charge in [0.15, 0.2) is 5.11 Å². The summed E-state index contributed by atoms with van der Waals surface area (Å²) in [5, 5.41) is 16.5. The van der Waals surface area contributed by atoms with Crippen LogP contribution in [0.15, 0.2) is 39.9 Å². The molecule has 0 aliphatic heterocycles. The molecule has 1 aromatic heterocycles. The van der Waals surface area contributed by atoms with Crippen molar-refractivity contribution in [3.05, 3.63) is 46.7 Å². The van der Waals surface area contributed by atoms with Crippen molar-refractivity contribution in [2.75, 3.05) is 6.54 Å².